The predicted octanol–water partition coefficient (Wildman–Crippen LogP) is 3.04. The van der Waals surface area contributed by atoms with Crippen molar-refractivity contribution in [3.05, 3.63) is 47.9 Å². The van der Waals surface area contributed by atoms with Gasteiger partial charge in [0.15, 0.2) is 0 Å². The van der Waals surface area contributed by atoms with Crippen LogP contribution in [-0.4, -0.2) is 30.5 Å². The van der Waals surface area contributed by atoms with E-state index in [0.717, 1.165) is 24.3 Å². The second-order valence-electron chi connectivity index (χ2n) is 6.56. The number of aromatic nitrogens is 2. The van der Waals surface area contributed by atoms with Crippen LogP contribution in [0, 0.1) is 11.3 Å². The molecule has 3 rings (SSSR count). The van der Waals surface area contributed by atoms with Gasteiger partial charge in [-0.1, -0.05) is 0 Å². The summed E-state index contributed by atoms with van der Waals surface area (Å²) in [6, 6.07) is 4.90. The van der Waals surface area contributed by atoms with E-state index in [4.69, 9.17) is 10.00 Å². The van der Waals surface area contributed by atoms with Gasteiger partial charge in [0.2, 0.25) is 15.7 Å². The molecule has 1 aliphatic carbocycles. The standard InChI is InChI=1S/C18H17F3N4O3S/c19-18(20,21)12-1-7-15(8-2-12)29(26,27)25-13-3-5-14(6-4-13)28-17-16(11-22)23-9-10-24-17/h1-2,7-10,13-14,25H,3-6H2. The van der Waals surface area contributed by atoms with E-state index in [1.807, 2.05) is 6.07 Å². The molecule has 0 bridgehead atoms. The molecule has 0 amide bonds. The van der Waals surface area contributed by atoms with Crippen LogP contribution < -0.4 is 9.46 Å². The fourth-order valence-corrected chi connectivity index (χ4v) is 4.36. The highest BCUT2D eigenvalue weighted by molar-refractivity contribution is 7.89. The molecule has 0 unspecified atom stereocenters. The van der Waals surface area contributed by atoms with Gasteiger partial charge in [0, 0.05) is 18.4 Å². The number of nitrogens with zero attached hydrogens (tertiary/aromatic N) is 3. The first kappa shape index (κ1) is 21.0. The fourth-order valence-electron chi connectivity index (χ4n) is 3.06. The molecule has 1 fully saturated rings. The first-order chi connectivity index (χ1) is 13.7. The maximum atomic E-state index is 12.6. The van der Waals surface area contributed by atoms with Crippen LogP contribution in [0.25, 0.3) is 0 Å². The van der Waals surface area contributed by atoms with E-state index < -0.39 is 21.8 Å². The van der Waals surface area contributed by atoms with Gasteiger partial charge in [-0.25, -0.2) is 23.1 Å². The molecule has 7 nitrogen and oxygen atoms in total. The average molecular weight is 426 g/mol. The molecule has 0 atom stereocenters. The van der Waals surface area contributed by atoms with Gasteiger partial charge in [-0.3, -0.25) is 0 Å². The van der Waals surface area contributed by atoms with Gasteiger partial charge in [0.25, 0.3) is 5.88 Å². The van der Waals surface area contributed by atoms with Crippen LogP contribution in [-0.2, 0) is 16.2 Å². The Labute approximate surface area is 165 Å². The zero-order valence-corrected chi connectivity index (χ0v) is 15.9. The largest absolute Gasteiger partial charge is 0.472 e. The summed E-state index contributed by atoms with van der Waals surface area (Å²) in [5, 5.41) is 9.02. The van der Waals surface area contributed by atoms with Crippen molar-refractivity contribution in [3.63, 3.8) is 0 Å². The molecule has 1 saturated carbocycles. The second kappa shape index (κ2) is 8.34. The van der Waals surface area contributed by atoms with Gasteiger partial charge in [-0.15, -0.1) is 0 Å². The monoisotopic (exact) mass is 426 g/mol. The van der Waals surface area contributed by atoms with Crippen molar-refractivity contribution >= 4 is 10.0 Å². The number of rotatable bonds is 5. The molecule has 1 N–H and O–H groups in total. The molecule has 0 saturated heterocycles. The van der Waals surface area contributed by atoms with Crippen LogP contribution >= 0.6 is 0 Å². The fraction of sp³-hybridized carbons (Fsp3) is 0.389. The number of nitriles is 1. The molecule has 1 heterocycles. The number of hydrogen-bond acceptors (Lipinski definition) is 6. The lowest BCUT2D eigenvalue weighted by molar-refractivity contribution is -0.137. The van der Waals surface area contributed by atoms with E-state index in [-0.39, 0.29) is 28.6 Å². The van der Waals surface area contributed by atoms with Crippen molar-refractivity contribution in [3.8, 4) is 11.9 Å². The zero-order chi connectivity index (χ0) is 21.1. The molecule has 0 aliphatic heterocycles. The lowest BCUT2D eigenvalue weighted by Crippen LogP contribution is -2.39. The summed E-state index contributed by atoms with van der Waals surface area (Å²) < 4.78 is 71.0. The van der Waals surface area contributed by atoms with Crippen LogP contribution in [0.15, 0.2) is 41.6 Å². The highest BCUT2D eigenvalue weighted by Crippen LogP contribution is 2.30. The van der Waals surface area contributed by atoms with Crippen LogP contribution in [0.1, 0.15) is 36.9 Å². The first-order valence-electron chi connectivity index (χ1n) is 8.76. The Kier molecular flexibility index (Phi) is 6.04. The number of ether oxygens (including phenoxy) is 1. The van der Waals surface area contributed by atoms with Gasteiger partial charge in [0.05, 0.1) is 10.5 Å². The number of halogens is 3. The lowest BCUT2D eigenvalue weighted by Gasteiger charge is -2.29. The minimum atomic E-state index is -4.53. The minimum absolute atomic E-state index is 0.0811. The Hall–Kier alpha value is -2.71. The van der Waals surface area contributed by atoms with E-state index in [9.17, 15) is 21.6 Å². The molecular formula is C18H17F3N4O3S. The summed E-state index contributed by atoms with van der Waals surface area (Å²) in [4.78, 5) is 7.64. The van der Waals surface area contributed by atoms with E-state index in [2.05, 4.69) is 14.7 Å². The first-order valence-corrected chi connectivity index (χ1v) is 10.2. The van der Waals surface area contributed by atoms with Gasteiger partial charge in [0.1, 0.15) is 12.2 Å². The van der Waals surface area contributed by atoms with Crippen LogP contribution in [0.4, 0.5) is 13.2 Å². The van der Waals surface area contributed by atoms with Gasteiger partial charge in [-0.2, -0.15) is 18.4 Å². The van der Waals surface area contributed by atoms with Gasteiger partial charge in [-0.05, 0) is 49.9 Å². The molecule has 1 aromatic heterocycles. The van der Waals surface area contributed by atoms with Crippen molar-refractivity contribution in [2.45, 2.75) is 48.9 Å². The zero-order valence-electron chi connectivity index (χ0n) is 15.1. The lowest BCUT2D eigenvalue weighted by atomic mass is 9.94. The summed E-state index contributed by atoms with van der Waals surface area (Å²) in [6.07, 6.45) is 0.0644. The van der Waals surface area contributed by atoms with Crippen LogP contribution in [0.5, 0.6) is 5.88 Å². The normalized spacial score (nSPS) is 20.1. The summed E-state index contributed by atoms with van der Waals surface area (Å²) in [6.45, 7) is 0. The topological polar surface area (TPSA) is 105 Å². The number of alkyl halides is 3. The number of nitrogens with one attached hydrogen (secondary N) is 1. The third kappa shape index (κ3) is 5.21. The van der Waals surface area contributed by atoms with Gasteiger partial charge < -0.3 is 4.74 Å². The highest BCUT2D eigenvalue weighted by Gasteiger charge is 2.31. The molecule has 1 aromatic carbocycles. The smallest absolute Gasteiger partial charge is 0.416 e. The molecule has 11 heteroatoms. The molecular weight excluding hydrogens is 409 g/mol. The highest BCUT2D eigenvalue weighted by atomic mass is 32.2. The SMILES string of the molecule is N#Cc1nccnc1OC1CCC(NS(=O)(=O)c2ccc(C(F)(F)F)cc2)CC1. The van der Waals surface area contributed by atoms with Crippen molar-refractivity contribution < 1.29 is 26.3 Å². The molecule has 2 aromatic rings. The van der Waals surface area contributed by atoms with Gasteiger partial charge >= 0.3 is 6.18 Å². The van der Waals surface area contributed by atoms with Crippen LogP contribution in [0.3, 0.4) is 0 Å². The Morgan fingerprint density at radius 3 is 2.28 bits per heavy atom. The number of benzene rings is 1. The molecule has 154 valence electrons. The van der Waals surface area contributed by atoms with Crippen molar-refractivity contribution in [2.24, 2.45) is 0 Å². The molecule has 0 radical (unpaired) electrons. The predicted molar refractivity (Wildman–Crippen MR) is 95.2 cm³/mol. The van der Waals surface area contributed by atoms with E-state index >= 15 is 0 Å². The Morgan fingerprint density at radius 2 is 1.69 bits per heavy atom. The third-order valence-corrected chi connectivity index (χ3v) is 6.07. The van der Waals surface area contributed by atoms with E-state index in [1.165, 1.54) is 12.4 Å². The van der Waals surface area contributed by atoms with Crippen LogP contribution in [0.2, 0.25) is 0 Å². The Bertz CT molecular complexity index is 996. The molecule has 29 heavy (non-hydrogen) atoms. The Balaban J connectivity index is 1.58. The number of hydrogen-bond donors (Lipinski definition) is 1. The summed E-state index contributed by atoms with van der Waals surface area (Å²) in [5.74, 6) is 0.142. The van der Waals surface area contributed by atoms with Crippen molar-refractivity contribution in [1.29, 1.82) is 5.26 Å². The summed E-state index contributed by atoms with van der Waals surface area (Å²) in [5.41, 5.74) is -0.826. The molecule has 0 spiro atoms. The summed E-state index contributed by atoms with van der Waals surface area (Å²) in [7, 11) is -3.93. The maximum Gasteiger partial charge on any atom is 0.416 e. The van der Waals surface area contributed by atoms with E-state index in [1.54, 1.807) is 0 Å². The van der Waals surface area contributed by atoms with Crippen molar-refractivity contribution in [2.75, 3.05) is 0 Å². The minimum Gasteiger partial charge on any atom is -0.472 e. The average Bonchev–Trinajstić information content (AvgIpc) is 2.69. The Morgan fingerprint density at radius 1 is 1.07 bits per heavy atom. The summed E-state index contributed by atoms with van der Waals surface area (Å²) >= 11 is 0. The molecule has 1 aliphatic rings. The van der Waals surface area contributed by atoms with E-state index in [0.29, 0.717) is 25.7 Å². The maximum absolute atomic E-state index is 12.6. The quantitative estimate of drug-likeness (QED) is 0.788. The third-order valence-electron chi connectivity index (χ3n) is 4.54. The second-order valence-corrected chi connectivity index (χ2v) is 8.27. The van der Waals surface area contributed by atoms with Crippen molar-refractivity contribution in [1.82, 2.24) is 14.7 Å². The number of sulfonamides is 1.